The molecule has 0 atom stereocenters. The second-order valence-electron chi connectivity index (χ2n) is 3.94. The molecule has 0 aliphatic carbocycles. The molecule has 5 heteroatoms. The predicted octanol–water partition coefficient (Wildman–Crippen LogP) is 1.54. The topological polar surface area (TPSA) is 60.2 Å². The Morgan fingerprint density at radius 1 is 1.31 bits per heavy atom. The van der Waals surface area contributed by atoms with Crippen LogP contribution in [0.3, 0.4) is 0 Å². The van der Waals surface area contributed by atoms with Crippen molar-refractivity contribution in [3.8, 4) is 0 Å². The van der Waals surface area contributed by atoms with Gasteiger partial charge in [0, 0.05) is 19.1 Å². The van der Waals surface area contributed by atoms with Gasteiger partial charge in [0.1, 0.15) is 6.61 Å². The highest BCUT2D eigenvalue weighted by Crippen LogP contribution is 2.03. The van der Waals surface area contributed by atoms with Gasteiger partial charge in [0.05, 0.1) is 0 Å². The first kappa shape index (κ1) is 13.1. The lowest BCUT2D eigenvalue weighted by molar-refractivity contribution is 0.113. The summed E-state index contributed by atoms with van der Waals surface area (Å²) < 4.78 is 10.6. The maximum absolute atomic E-state index is 5.42. The van der Waals surface area contributed by atoms with Crippen molar-refractivity contribution >= 4 is 0 Å². The first-order valence-corrected chi connectivity index (χ1v) is 5.84. The van der Waals surface area contributed by atoms with Crippen LogP contribution in [0.5, 0.6) is 0 Å². The zero-order chi connectivity index (χ0) is 11.8. The van der Waals surface area contributed by atoms with Gasteiger partial charge < -0.3 is 14.5 Å². The molecule has 0 saturated heterocycles. The normalized spacial score (nSPS) is 11.2. The van der Waals surface area contributed by atoms with E-state index in [2.05, 4.69) is 29.4 Å². The number of aromatic nitrogens is 2. The maximum Gasteiger partial charge on any atom is 0.242 e. The smallest absolute Gasteiger partial charge is 0.242 e. The van der Waals surface area contributed by atoms with E-state index < -0.39 is 0 Å². The SMILES string of the molecule is CCOCc1nnc(CCCNC(C)C)o1. The highest BCUT2D eigenvalue weighted by molar-refractivity contribution is 4.80. The highest BCUT2D eigenvalue weighted by Gasteiger charge is 2.05. The Kier molecular flexibility index (Phi) is 6.03. The summed E-state index contributed by atoms with van der Waals surface area (Å²) in [6, 6.07) is 0.524. The molecule has 1 N–H and O–H groups in total. The zero-order valence-electron chi connectivity index (χ0n) is 10.3. The van der Waals surface area contributed by atoms with Crippen LogP contribution in [-0.4, -0.2) is 29.4 Å². The number of ether oxygens (including phenoxy) is 1. The lowest BCUT2D eigenvalue weighted by Crippen LogP contribution is -2.23. The first-order valence-electron chi connectivity index (χ1n) is 5.84. The second kappa shape index (κ2) is 7.35. The molecule has 0 radical (unpaired) electrons. The molecule has 0 unspecified atom stereocenters. The number of hydrogen-bond donors (Lipinski definition) is 1. The van der Waals surface area contributed by atoms with E-state index in [0.29, 0.717) is 31.0 Å². The van der Waals surface area contributed by atoms with Crippen LogP contribution < -0.4 is 5.32 Å². The van der Waals surface area contributed by atoms with Crippen LogP contribution in [0.4, 0.5) is 0 Å². The summed E-state index contributed by atoms with van der Waals surface area (Å²) in [5.74, 6) is 1.26. The molecular weight excluding hydrogens is 206 g/mol. The van der Waals surface area contributed by atoms with E-state index >= 15 is 0 Å². The fourth-order valence-corrected chi connectivity index (χ4v) is 1.27. The molecule has 1 heterocycles. The van der Waals surface area contributed by atoms with Crippen LogP contribution in [0, 0.1) is 0 Å². The van der Waals surface area contributed by atoms with E-state index in [4.69, 9.17) is 9.15 Å². The van der Waals surface area contributed by atoms with Crippen molar-refractivity contribution in [2.75, 3.05) is 13.2 Å². The molecule has 0 bridgehead atoms. The average Bonchev–Trinajstić information content (AvgIpc) is 2.69. The average molecular weight is 227 g/mol. The maximum atomic E-state index is 5.42. The Labute approximate surface area is 96.6 Å². The van der Waals surface area contributed by atoms with Gasteiger partial charge in [-0.05, 0) is 19.9 Å². The molecule has 16 heavy (non-hydrogen) atoms. The molecular formula is C11H21N3O2. The molecule has 0 spiro atoms. The van der Waals surface area contributed by atoms with Gasteiger partial charge in [-0.25, -0.2) is 0 Å². The van der Waals surface area contributed by atoms with Gasteiger partial charge in [-0.15, -0.1) is 10.2 Å². The lowest BCUT2D eigenvalue weighted by atomic mass is 10.3. The summed E-state index contributed by atoms with van der Waals surface area (Å²) in [6.45, 7) is 8.25. The van der Waals surface area contributed by atoms with Crippen LogP contribution in [0.2, 0.25) is 0 Å². The minimum Gasteiger partial charge on any atom is -0.423 e. The van der Waals surface area contributed by atoms with Gasteiger partial charge in [0.2, 0.25) is 11.8 Å². The van der Waals surface area contributed by atoms with Crippen molar-refractivity contribution in [2.24, 2.45) is 0 Å². The van der Waals surface area contributed by atoms with Gasteiger partial charge in [-0.2, -0.15) is 0 Å². The van der Waals surface area contributed by atoms with Crippen LogP contribution in [-0.2, 0) is 17.8 Å². The van der Waals surface area contributed by atoms with Crippen molar-refractivity contribution < 1.29 is 9.15 Å². The summed E-state index contributed by atoms with van der Waals surface area (Å²) in [4.78, 5) is 0. The summed E-state index contributed by atoms with van der Waals surface area (Å²) in [7, 11) is 0. The zero-order valence-corrected chi connectivity index (χ0v) is 10.3. The first-order chi connectivity index (χ1) is 7.72. The third-order valence-electron chi connectivity index (χ3n) is 2.06. The van der Waals surface area contributed by atoms with Crippen molar-refractivity contribution in [2.45, 2.75) is 46.3 Å². The van der Waals surface area contributed by atoms with Crippen molar-refractivity contribution in [1.29, 1.82) is 0 Å². The van der Waals surface area contributed by atoms with Gasteiger partial charge in [0.15, 0.2) is 0 Å². The van der Waals surface area contributed by atoms with Gasteiger partial charge in [0.25, 0.3) is 0 Å². The number of rotatable bonds is 8. The Balaban J connectivity index is 2.19. The summed E-state index contributed by atoms with van der Waals surface area (Å²) in [5.41, 5.74) is 0. The number of hydrogen-bond acceptors (Lipinski definition) is 5. The minimum atomic E-state index is 0.410. The summed E-state index contributed by atoms with van der Waals surface area (Å²) >= 11 is 0. The molecule has 92 valence electrons. The van der Waals surface area contributed by atoms with E-state index in [1.807, 2.05) is 6.92 Å². The van der Waals surface area contributed by atoms with E-state index in [1.165, 1.54) is 0 Å². The predicted molar refractivity (Wildman–Crippen MR) is 61.1 cm³/mol. The number of aryl methyl sites for hydroxylation is 1. The van der Waals surface area contributed by atoms with Crippen LogP contribution in [0.1, 0.15) is 39.0 Å². The fraction of sp³-hybridized carbons (Fsp3) is 0.818. The molecule has 0 amide bonds. The molecule has 1 aromatic heterocycles. The second-order valence-corrected chi connectivity index (χ2v) is 3.94. The molecule has 0 fully saturated rings. The lowest BCUT2D eigenvalue weighted by Gasteiger charge is -2.05. The Hall–Kier alpha value is -0.940. The molecule has 0 aliphatic rings. The quantitative estimate of drug-likeness (QED) is 0.682. The van der Waals surface area contributed by atoms with E-state index in [0.717, 1.165) is 19.4 Å². The molecule has 0 saturated carbocycles. The molecule has 0 aromatic carbocycles. The van der Waals surface area contributed by atoms with Gasteiger partial charge in [-0.3, -0.25) is 0 Å². The Morgan fingerprint density at radius 3 is 2.75 bits per heavy atom. The molecule has 5 nitrogen and oxygen atoms in total. The van der Waals surface area contributed by atoms with E-state index in [1.54, 1.807) is 0 Å². The monoisotopic (exact) mass is 227 g/mol. The number of nitrogens with one attached hydrogen (secondary N) is 1. The highest BCUT2D eigenvalue weighted by atomic mass is 16.5. The van der Waals surface area contributed by atoms with Crippen LogP contribution in [0.25, 0.3) is 0 Å². The van der Waals surface area contributed by atoms with Crippen molar-refractivity contribution in [3.05, 3.63) is 11.8 Å². The molecule has 0 aliphatic heterocycles. The fourth-order valence-electron chi connectivity index (χ4n) is 1.27. The third-order valence-corrected chi connectivity index (χ3v) is 2.06. The molecule has 1 rings (SSSR count). The van der Waals surface area contributed by atoms with E-state index in [-0.39, 0.29) is 0 Å². The largest absolute Gasteiger partial charge is 0.423 e. The summed E-state index contributed by atoms with van der Waals surface area (Å²) in [5, 5.41) is 11.2. The van der Waals surface area contributed by atoms with Crippen LogP contribution >= 0.6 is 0 Å². The summed E-state index contributed by atoms with van der Waals surface area (Å²) in [6.07, 6.45) is 1.83. The Morgan fingerprint density at radius 2 is 2.06 bits per heavy atom. The van der Waals surface area contributed by atoms with Gasteiger partial charge in [-0.1, -0.05) is 13.8 Å². The third kappa shape index (κ3) is 5.23. The van der Waals surface area contributed by atoms with Crippen molar-refractivity contribution in [1.82, 2.24) is 15.5 Å². The van der Waals surface area contributed by atoms with Crippen LogP contribution in [0.15, 0.2) is 4.42 Å². The minimum absolute atomic E-state index is 0.410. The number of nitrogens with zero attached hydrogens (tertiary/aromatic N) is 2. The standard InChI is InChI=1S/C11H21N3O2/c1-4-15-8-11-14-13-10(16-11)6-5-7-12-9(2)3/h9,12H,4-8H2,1-3H3. The molecule has 1 aromatic rings. The Bertz CT molecular complexity index is 287. The van der Waals surface area contributed by atoms with Gasteiger partial charge >= 0.3 is 0 Å². The van der Waals surface area contributed by atoms with E-state index in [9.17, 15) is 0 Å². The van der Waals surface area contributed by atoms with Crippen molar-refractivity contribution in [3.63, 3.8) is 0 Å².